The third-order valence-electron chi connectivity index (χ3n) is 5.59. The van der Waals surface area contributed by atoms with Gasteiger partial charge in [-0.2, -0.15) is 0 Å². The molecule has 5 aromatic rings. The fraction of sp³-hybridized carbons (Fsp3) is 0. The zero-order chi connectivity index (χ0) is 20.8. The summed E-state index contributed by atoms with van der Waals surface area (Å²) in [5.41, 5.74) is 5.04. The summed E-state index contributed by atoms with van der Waals surface area (Å²) >= 11 is 7.30. The first kappa shape index (κ1) is 19.2. The van der Waals surface area contributed by atoms with E-state index in [2.05, 4.69) is 119 Å². The van der Waals surface area contributed by atoms with Crippen LogP contribution in [0.25, 0.3) is 33.0 Å². The zero-order valence-electron chi connectivity index (χ0n) is 16.5. The van der Waals surface area contributed by atoms with Crippen LogP contribution in [-0.2, 0) is 0 Å². The van der Waals surface area contributed by atoms with Crippen molar-refractivity contribution in [3.63, 3.8) is 0 Å². The average Bonchev–Trinajstić information content (AvgIpc) is 2.82. The maximum atomic E-state index is 3.59. The maximum Gasteiger partial charge on any atom is 0.0273 e. The minimum Gasteiger partial charge on any atom is -0.0877 e. The van der Waals surface area contributed by atoms with E-state index >= 15 is 0 Å². The lowest BCUT2D eigenvalue weighted by molar-refractivity contribution is 1.15. The number of benzene rings is 5. The van der Waals surface area contributed by atoms with E-state index in [0.717, 1.165) is 4.47 Å². The standard InChI is InChI=1S/C28H17BrS2/c29-22-12-14-26-28(17-22)31-25-13-11-20(16-27(25)30-26)19-7-3-8-21(15-19)24-10-4-6-18-5-1-2-9-23(18)24/h1-17H. The van der Waals surface area contributed by atoms with Gasteiger partial charge in [-0.15, -0.1) is 0 Å². The van der Waals surface area contributed by atoms with Crippen LogP contribution in [0.2, 0.25) is 0 Å². The van der Waals surface area contributed by atoms with Crippen molar-refractivity contribution in [2.45, 2.75) is 19.6 Å². The van der Waals surface area contributed by atoms with Gasteiger partial charge in [0.2, 0.25) is 0 Å². The summed E-state index contributed by atoms with van der Waals surface area (Å²) in [7, 11) is 0. The first-order valence-corrected chi connectivity index (χ1v) is 12.6. The number of rotatable bonds is 2. The molecule has 1 aliphatic rings. The molecule has 3 heteroatoms. The Kier molecular flexibility index (Phi) is 4.91. The van der Waals surface area contributed by atoms with E-state index in [1.807, 2.05) is 23.5 Å². The van der Waals surface area contributed by atoms with Crippen molar-refractivity contribution in [3.8, 4) is 22.3 Å². The highest BCUT2D eigenvalue weighted by Gasteiger charge is 2.18. The monoisotopic (exact) mass is 496 g/mol. The number of halogens is 1. The van der Waals surface area contributed by atoms with Crippen LogP contribution in [0, 0.1) is 0 Å². The Labute approximate surface area is 198 Å². The molecule has 31 heavy (non-hydrogen) atoms. The van der Waals surface area contributed by atoms with Gasteiger partial charge in [-0.1, -0.05) is 106 Å². The van der Waals surface area contributed by atoms with Gasteiger partial charge in [-0.3, -0.25) is 0 Å². The fourth-order valence-electron chi connectivity index (χ4n) is 4.08. The molecule has 1 heterocycles. The molecule has 0 nitrogen and oxygen atoms in total. The number of fused-ring (bicyclic) bond motifs is 3. The van der Waals surface area contributed by atoms with Crippen molar-refractivity contribution in [1.29, 1.82) is 0 Å². The van der Waals surface area contributed by atoms with Crippen LogP contribution in [0.5, 0.6) is 0 Å². The highest BCUT2D eigenvalue weighted by Crippen LogP contribution is 2.50. The van der Waals surface area contributed by atoms with Gasteiger partial charge < -0.3 is 0 Å². The molecule has 0 atom stereocenters. The van der Waals surface area contributed by atoms with Crippen molar-refractivity contribution in [2.75, 3.05) is 0 Å². The molecule has 1 aliphatic heterocycles. The third-order valence-corrected chi connectivity index (χ3v) is 8.60. The van der Waals surface area contributed by atoms with Crippen LogP contribution in [0.15, 0.2) is 127 Å². The summed E-state index contributed by atoms with van der Waals surface area (Å²) in [6.07, 6.45) is 0. The SMILES string of the molecule is Brc1ccc2c(c1)Sc1ccc(-c3cccc(-c4cccc5ccccc45)c3)cc1S2. The quantitative estimate of drug-likeness (QED) is 0.234. The van der Waals surface area contributed by atoms with Gasteiger partial charge in [0.05, 0.1) is 0 Å². The molecule has 0 bridgehead atoms. The Morgan fingerprint density at radius 2 is 1.16 bits per heavy atom. The van der Waals surface area contributed by atoms with Gasteiger partial charge in [-0.25, -0.2) is 0 Å². The summed E-state index contributed by atoms with van der Waals surface area (Å²) in [6, 6.07) is 37.4. The molecule has 0 N–H and O–H groups in total. The molecule has 0 spiro atoms. The Bertz CT molecular complexity index is 1450. The van der Waals surface area contributed by atoms with E-state index in [1.54, 1.807) is 0 Å². The van der Waals surface area contributed by atoms with Crippen molar-refractivity contribution in [3.05, 3.63) is 108 Å². The number of hydrogen-bond acceptors (Lipinski definition) is 2. The first-order valence-electron chi connectivity index (χ1n) is 10.1. The molecule has 0 saturated heterocycles. The van der Waals surface area contributed by atoms with E-state index in [9.17, 15) is 0 Å². The molecular formula is C28H17BrS2. The van der Waals surface area contributed by atoms with Crippen molar-refractivity contribution in [1.82, 2.24) is 0 Å². The molecule has 0 unspecified atom stereocenters. The highest BCUT2D eigenvalue weighted by molar-refractivity contribution is 9.10. The summed E-state index contributed by atoms with van der Waals surface area (Å²) in [5.74, 6) is 0. The van der Waals surface area contributed by atoms with Crippen LogP contribution in [-0.4, -0.2) is 0 Å². The Morgan fingerprint density at radius 3 is 2.06 bits per heavy atom. The predicted octanol–water partition coefficient (Wildman–Crippen LogP) is 9.55. The van der Waals surface area contributed by atoms with Gasteiger partial charge >= 0.3 is 0 Å². The van der Waals surface area contributed by atoms with Gasteiger partial charge in [0.1, 0.15) is 0 Å². The average molecular weight is 497 g/mol. The van der Waals surface area contributed by atoms with Crippen LogP contribution in [0.3, 0.4) is 0 Å². The van der Waals surface area contributed by atoms with Crippen LogP contribution >= 0.6 is 39.5 Å². The Morgan fingerprint density at radius 1 is 0.484 bits per heavy atom. The molecule has 148 valence electrons. The summed E-state index contributed by atoms with van der Waals surface area (Å²) < 4.78 is 1.13. The lowest BCUT2D eigenvalue weighted by Gasteiger charge is -2.19. The summed E-state index contributed by atoms with van der Waals surface area (Å²) in [5, 5.41) is 2.57. The van der Waals surface area contributed by atoms with Crippen LogP contribution in [0.4, 0.5) is 0 Å². The molecule has 0 fully saturated rings. The largest absolute Gasteiger partial charge is 0.0877 e. The topological polar surface area (TPSA) is 0 Å². The predicted molar refractivity (Wildman–Crippen MR) is 137 cm³/mol. The molecule has 6 rings (SSSR count). The molecule has 0 saturated carbocycles. The van der Waals surface area contributed by atoms with Gasteiger partial charge in [-0.05, 0) is 69.4 Å². The second-order valence-corrected chi connectivity index (χ2v) is 10.6. The third kappa shape index (κ3) is 3.61. The normalized spacial score (nSPS) is 12.4. The van der Waals surface area contributed by atoms with E-state index in [-0.39, 0.29) is 0 Å². The van der Waals surface area contributed by atoms with E-state index in [1.165, 1.54) is 52.6 Å². The second-order valence-electron chi connectivity index (χ2n) is 7.56. The minimum atomic E-state index is 1.13. The van der Waals surface area contributed by atoms with Crippen molar-refractivity contribution >= 4 is 50.2 Å². The maximum absolute atomic E-state index is 3.59. The molecule has 0 aliphatic carbocycles. The highest BCUT2D eigenvalue weighted by atomic mass is 79.9. The minimum absolute atomic E-state index is 1.13. The van der Waals surface area contributed by atoms with Crippen LogP contribution < -0.4 is 0 Å². The number of hydrogen-bond donors (Lipinski definition) is 0. The lowest BCUT2D eigenvalue weighted by Crippen LogP contribution is -1.90. The zero-order valence-corrected chi connectivity index (χ0v) is 19.7. The van der Waals surface area contributed by atoms with E-state index in [4.69, 9.17) is 0 Å². The molecule has 0 aromatic heterocycles. The second kappa shape index (κ2) is 7.90. The lowest BCUT2D eigenvalue weighted by atomic mass is 9.95. The first-order chi connectivity index (χ1) is 15.2. The Hall–Kier alpha value is -2.46. The van der Waals surface area contributed by atoms with Gasteiger partial charge in [0.25, 0.3) is 0 Å². The van der Waals surface area contributed by atoms with Crippen molar-refractivity contribution < 1.29 is 0 Å². The van der Waals surface area contributed by atoms with E-state index < -0.39 is 0 Å². The molecule has 5 aromatic carbocycles. The van der Waals surface area contributed by atoms with Gasteiger partial charge in [0.15, 0.2) is 0 Å². The van der Waals surface area contributed by atoms with Crippen molar-refractivity contribution in [2.24, 2.45) is 0 Å². The Balaban J connectivity index is 1.40. The smallest absolute Gasteiger partial charge is 0.0273 e. The summed E-state index contributed by atoms with van der Waals surface area (Å²) in [6.45, 7) is 0. The molecular weight excluding hydrogens is 480 g/mol. The molecule has 0 radical (unpaired) electrons. The summed E-state index contributed by atoms with van der Waals surface area (Å²) in [4.78, 5) is 5.29. The van der Waals surface area contributed by atoms with Crippen LogP contribution in [0.1, 0.15) is 0 Å². The van der Waals surface area contributed by atoms with Gasteiger partial charge in [0, 0.05) is 24.1 Å². The fourth-order valence-corrected chi connectivity index (χ4v) is 6.86. The van der Waals surface area contributed by atoms with E-state index in [0.29, 0.717) is 0 Å². The molecule has 0 amide bonds.